The van der Waals surface area contributed by atoms with Gasteiger partial charge in [-0.25, -0.2) is 0 Å². The fraction of sp³-hybridized carbons (Fsp3) is 0. The van der Waals surface area contributed by atoms with E-state index in [-0.39, 0.29) is 16.3 Å². The molecule has 2 aromatic carbocycles. The molecule has 0 aliphatic rings. The van der Waals surface area contributed by atoms with Gasteiger partial charge in [-0.3, -0.25) is 14.9 Å². The van der Waals surface area contributed by atoms with Crippen molar-refractivity contribution in [2.24, 2.45) is 0 Å². The van der Waals surface area contributed by atoms with E-state index in [4.69, 9.17) is 34.8 Å². The molecule has 0 spiro atoms. The second kappa shape index (κ2) is 6.30. The summed E-state index contributed by atoms with van der Waals surface area (Å²) < 4.78 is 0. The van der Waals surface area contributed by atoms with Gasteiger partial charge in [-0.2, -0.15) is 0 Å². The number of nitro groups is 1. The van der Waals surface area contributed by atoms with Gasteiger partial charge < -0.3 is 5.32 Å². The van der Waals surface area contributed by atoms with Gasteiger partial charge in [0, 0.05) is 27.4 Å². The van der Waals surface area contributed by atoms with E-state index in [9.17, 15) is 14.9 Å². The molecular weight excluding hydrogens is 339 g/mol. The van der Waals surface area contributed by atoms with E-state index in [1.165, 1.54) is 30.3 Å². The zero-order valence-corrected chi connectivity index (χ0v) is 12.5. The Kier molecular flexibility index (Phi) is 4.67. The summed E-state index contributed by atoms with van der Waals surface area (Å²) in [4.78, 5) is 22.2. The van der Waals surface area contributed by atoms with Crippen LogP contribution in [0, 0.1) is 10.1 Å². The number of benzene rings is 2. The van der Waals surface area contributed by atoms with Crippen LogP contribution in [0.3, 0.4) is 0 Å². The predicted molar refractivity (Wildman–Crippen MR) is 82.5 cm³/mol. The first-order chi connectivity index (χ1) is 9.86. The molecular formula is C13H7Cl3N2O3. The maximum absolute atomic E-state index is 12.1. The highest BCUT2D eigenvalue weighted by atomic mass is 35.5. The number of hydrogen-bond donors (Lipinski definition) is 1. The number of nitro benzene ring substituents is 1. The third-order valence-corrected chi connectivity index (χ3v) is 3.28. The highest BCUT2D eigenvalue weighted by molar-refractivity contribution is 6.35. The summed E-state index contributed by atoms with van der Waals surface area (Å²) in [5.74, 6) is -0.534. The SMILES string of the molecule is O=C(Nc1cc(Cl)cc(Cl)c1)c1ccc(Cl)c([N+](=O)[O-])c1. The maximum atomic E-state index is 12.1. The van der Waals surface area contributed by atoms with Gasteiger partial charge in [0.25, 0.3) is 11.6 Å². The molecule has 2 aromatic rings. The third kappa shape index (κ3) is 3.85. The molecule has 0 saturated heterocycles. The van der Waals surface area contributed by atoms with Crippen LogP contribution in [-0.4, -0.2) is 10.8 Å². The van der Waals surface area contributed by atoms with Crippen LogP contribution in [0.15, 0.2) is 36.4 Å². The second-order valence-electron chi connectivity index (χ2n) is 4.04. The van der Waals surface area contributed by atoms with E-state index >= 15 is 0 Å². The van der Waals surface area contributed by atoms with Crippen molar-refractivity contribution in [1.29, 1.82) is 0 Å². The number of anilines is 1. The fourth-order valence-corrected chi connectivity index (χ4v) is 2.34. The Morgan fingerprint density at radius 1 is 1.05 bits per heavy atom. The molecule has 21 heavy (non-hydrogen) atoms. The summed E-state index contributed by atoms with van der Waals surface area (Å²) in [6.07, 6.45) is 0. The molecule has 2 rings (SSSR count). The van der Waals surface area contributed by atoms with Crippen LogP contribution < -0.4 is 5.32 Å². The Morgan fingerprint density at radius 3 is 2.24 bits per heavy atom. The zero-order chi connectivity index (χ0) is 15.6. The summed E-state index contributed by atoms with van der Waals surface area (Å²) in [6.45, 7) is 0. The summed E-state index contributed by atoms with van der Waals surface area (Å²) in [6, 6.07) is 8.32. The van der Waals surface area contributed by atoms with Crippen molar-refractivity contribution in [2.75, 3.05) is 5.32 Å². The molecule has 0 aliphatic heterocycles. The van der Waals surface area contributed by atoms with Crippen molar-refractivity contribution >= 4 is 52.1 Å². The normalized spacial score (nSPS) is 10.2. The van der Waals surface area contributed by atoms with Crippen LogP contribution in [0.2, 0.25) is 15.1 Å². The number of hydrogen-bond acceptors (Lipinski definition) is 3. The van der Waals surface area contributed by atoms with Crippen LogP contribution in [0.5, 0.6) is 0 Å². The number of nitrogens with one attached hydrogen (secondary N) is 1. The van der Waals surface area contributed by atoms with Crippen LogP contribution in [0.25, 0.3) is 0 Å². The van der Waals surface area contributed by atoms with E-state index in [0.29, 0.717) is 15.7 Å². The van der Waals surface area contributed by atoms with E-state index in [1.54, 1.807) is 0 Å². The molecule has 0 unspecified atom stereocenters. The topological polar surface area (TPSA) is 72.2 Å². The van der Waals surface area contributed by atoms with Gasteiger partial charge in [0.2, 0.25) is 0 Å². The Labute approximate surface area is 134 Å². The molecule has 8 heteroatoms. The van der Waals surface area contributed by atoms with E-state index in [1.807, 2.05) is 0 Å². The fourth-order valence-electron chi connectivity index (χ4n) is 1.62. The van der Waals surface area contributed by atoms with Gasteiger partial charge in [-0.05, 0) is 30.3 Å². The molecule has 0 bridgehead atoms. The standard InChI is InChI=1S/C13H7Cl3N2O3/c14-8-4-9(15)6-10(5-8)17-13(19)7-1-2-11(16)12(3-7)18(20)21/h1-6H,(H,17,19). The third-order valence-electron chi connectivity index (χ3n) is 2.53. The first-order valence-electron chi connectivity index (χ1n) is 5.58. The van der Waals surface area contributed by atoms with Gasteiger partial charge in [-0.15, -0.1) is 0 Å². The molecule has 0 atom stereocenters. The molecule has 5 nitrogen and oxygen atoms in total. The number of amides is 1. The number of carbonyl (C=O) groups is 1. The highest BCUT2D eigenvalue weighted by Gasteiger charge is 2.16. The van der Waals surface area contributed by atoms with Gasteiger partial charge >= 0.3 is 0 Å². The molecule has 1 N–H and O–H groups in total. The van der Waals surface area contributed by atoms with Gasteiger partial charge in [0.15, 0.2) is 0 Å². The lowest BCUT2D eigenvalue weighted by molar-refractivity contribution is -0.384. The lowest BCUT2D eigenvalue weighted by Gasteiger charge is -2.07. The molecule has 0 fully saturated rings. The van der Waals surface area contributed by atoms with E-state index < -0.39 is 10.8 Å². The Morgan fingerprint density at radius 2 is 1.67 bits per heavy atom. The lowest BCUT2D eigenvalue weighted by Crippen LogP contribution is -2.12. The maximum Gasteiger partial charge on any atom is 0.288 e. The first kappa shape index (κ1) is 15.6. The average Bonchev–Trinajstić information content (AvgIpc) is 2.37. The Balaban J connectivity index is 2.28. The van der Waals surface area contributed by atoms with Crippen LogP contribution >= 0.6 is 34.8 Å². The molecule has 108 valence electrons. The molecule has 0 heterocycles. The van der Waals surface area contributed by atoms with Gasteiger partial charge in [0.05, 0.1) is 4.92 Å². The summed E-state index contributed by atoms with van der Waals surface area (Å²) >= 11 is 17.3. The number of halogens is 3. The zero-order valence-electron chi connectivity index (χ0n) is 10.3. The quantitative estimate of drug-likeness (QED) is 0.641. The van der Waals surface area contributed by atoms with E-state index in [2.05, 4.69) is 5.32 Å². The minimum atomic E-state index is -0.657. The molecule has 0 aliphatic carbocycles. The van der Waals surface area contributed by atoms with Crippen molar-refractivity contribution in [1.82, 2.24) is 0 Å². The Bertz CT molecular complexity index is 714. The summed E-state index contributed by atoms with van der Waals surface area (Å²) in [5.41, 5.74) is 0.144. The van der Waals surface area contributed by atoms with Crippen molar-refractivity contribution in [3.05, 3.63) is 67.1 Å². The number of nitrogens with zero attached hydrogens (tertiary/aromatic N) is 1. The van der Waals surface area contributed by atoms with Crippen molar-refractivity contribution in [3.8, 4) is 0 Å². The predicted octanol–water partition coefficient (Wildman–Crippen LogP) is 4.81. The van der Waals surface area contributed by atoms with Crippen molar-refractivity contribution < 1.29 is 9.72 Å². The van der Waals surface area contributed by atoms with Crippen LogP contribution in [-0.2, 0) is 0 Å². The second-order valence-corrected chi connectivity index (χ2v) is 5.32. The van der Waals surface area contributed by atoms with Crippen LogP contribution in [0.1, 0.15) is 10.4 Å². The minimum Gasteiger partial charge on any atom is -0.322 e. The number of rotatable bonds is 3. The van der Waals surface area contributed by atoms with Crippen LogP contribution in [0.4, 0.5) is 11.4 Å². The highest BCUT2D eigenvalue weighted by Crippen LogP contribution is 2.26. The monoisotopic (exact) mass is 344 g/mol. The lowest BCUT2D eigenvalue weighted by atomic mass is 10.2. The molecule has 0 aromatic heterocycles. The first-order valence-corrected chi connectivity index (χ1v) is 6.71. The Hall–Kier alpha value is -1.82. The van der Waals surface area contributed by atoms with Gasteiger partial charge in [0.1, 0.15) is 5.02 Å². The van der Waals surface area contributed by atoms with Crippen molar-refractivity contribution in [3.63, 3.8) is 0 Å². The molecule has 0 radical (unpaired) electrons. The molecule has 0 saturated carbocycles. The largest absolute Gasteiger partial charge is 0.322 e. The average molecular weight is 346 g/mol. The summed E-state index contributed by atoms with van der Waals surface area (Å²) in [5, 5.41) is 14.0. The van der Waals surface area contributed by atoms with E-state index in [0.717, 1.165) is 6.07 Å². The van der Waals surface area contributed by atoms with Crippen molar-refractivity contribution in [2.45, 2.75) is 0 Å². The number of carbonyl (C=O) groups excluding carboxylic acids is 1. The van der Waals surface area contributed by atoms with Gasteiger partial charge in [-0.1, -0.05) is 34.8 Å². The summed E-state index contributed by atoms with van der Waals surface area (Å²) in [7, 11) is 0. The molecule has 1 amide bonds. The smallest absolute Gasteiger partial charge is 0.288 e. The minimum absolute atomic E-state index is 0.0395.